The van der Waals surface area contributed by atoms with Crippen molar-refractivity contribution in [2.24, 2.45) is 0 Å². The molecule has 0 saturated carbocycles. The molecule has 0 aliphatic carbocycles. The topological polar surface area (TPSA) is 17.8 Å². The highest BCUT2D eigenvalue weighted by atomic mass is 35.5. The Hall–Kier alpha value is -3.82. The number of hydrogen-bond donors (Lipinski definition) is 0. The van der Waals surface area contributed by atoms with E-state index in [0.717, 1.165) is 33.6 Å². The minimum Gasteiger partial charge on any atom is -0.306 e. The number of benzene rings is 4. The minimum absolute atomic E-state index is 0.0971. The second kappa shape index (κ2) is 7.61. The van der Waals surface area contributed by atoms with Crippen LogP contribution in [0.3, 0.4) is 0 Å². The van der Waals surface area contributed by atoms with E-state index in [4.69, 9.17) is 11.6 Å². The largest absolute Gasteiger partial charge is 0.306 e. The summed E-state index contributed by atoms with van der Waals surface area (Å²) in [4.78, 5) is 4.43. The Morgan fingerprint density at radius 3 is 2.09 bits per heavy atom. The number of hydrogen-bond acceptors (Lipinski definition) is 1. The Bertz CT molecular complexity index is 1620. The van der Waals surface area contributed by atoms with Crippen LogP contribution in [0.2, 0.25) is 5.02 Å². The van der Waals surface area contributed by atoms with Crippen molar-refractivity contribution in [2.45, 2.75) is 6.42 Å². The van der Waals surface area contributed by atoms with Crippen LogP contribution in [0.5, 0.6) is 0 Å². The highest BCUT2D eigenvalue weighted by Crippen LogP contribution is 2.33. The summed E-state index contributed by atoms with van der Waals surface area (Å²) in [5.74, 6) is 0. The maximum Gasteiger partial charge on any atom is 0.243 e. The normalized spacial score (nSPS) is 12.7. The van der Waals surface area contributed by atoms with Crippen LogP contribution in [-0.2, 0) is 6.42 Å². The zero-order valence-corrected chi connectivity index (χ0v) is 19.2. The van der Waals surface area contributed by atoms with Gasteiger partial charge in [0, 0.05) is 17.0 Å². The Morgan fingerprint density at radius 1 is 0.647 bits per heavy atom. The zero-order chi connectivity index (χ0) is 22.6. The summed E-state index contributed by atoms with van der Waals surface area (Å²) < 4.78 is 2.25. The molecule has 0 spiro atoms. The summed E-state index contributed by atoms with van der Waals surface area (Å²) in [6, 6.07) is 34.5. The van der Waals surface area contributed by atoms with Gasteiger partial charge in [-0.2, -0.15) is 0 Å². The van der Waals surface area contributed by atoms with Crippen molar-refractivity contribution in [3.8, 4) is 5.69 Å². The van der Waals surface area contributed by atoms with Crippen LogP contribution in [0.4, 0.5) is 0 Å². The lowest BCUT2D eigenvalue weighted by molar-refractivity contribution is 1.17. The third kappa shape index (κ3) is 2.80. The zero-order valence-electron chi connectivity index (χ0n) is 18.4. The quantitative estimate of drug-likeness (QED) is 0.326. The first kappa shape index (κ1) is 19.6. The Balaban J connectivity index is 1.52. The van der Waals surface area contributed by atoms with Crippen molar-refractivity contribution in [3.63, 3.8) is 0 Å². The molecule has 0 amide bonds. The van der Waals surface area contributed by atoms with Crippen molar-refractivity contribution in [1.29, 1.82) is 0 Å². The molecule has 4 heteroatoms. The summed E-state index contributed by atoms with van der Waals surface area (Å²) in [5, 5.41) is 3.17. The lowest BCUT2D eigenvalue weighted by atomic mass is 9.33. The molecule has 160 valence electrons. The van der Waals surface area contributed by atoms with E-state index in [1.165, 1.54) is 32.8 Å². The first-order valence-electron chi connectivity index (χ1n) is 11.6. The molecule has 0 unspecified atom stereocenters. The van der Waals surface area contributed by atoms with Gasteiger partial charge in [0.2, 0.25) is 6.71 Å². The number of nitrogens with zero attached hydrogens (tertiary/aromatic N) is 2. The van der Waals surface area contributed by atoms with Crippen molar-refractivity contribution in [2.75, 3.05) is 0 Å². The smallest absolute Gasteiger partial charge is 0.243 e. The van der Waals surface area contributed by atoms with Crippen molar-refractivity contribution >= 4 is 56.5 Å². The summed E-state index contributed by atoms with van der Waals surface area (Å²) >= 11 is 7.33. The molecular weight excluding hydrogens is 435 g/mol. The molecule has 1 aliphatic rings. The minimum atomic E-state index is 0.0971. The lowest BCUT2D eigenvalue weighted by Crippen LogP contribution is -2.57. The first-order chi connectivity index (χ1) is 16.8. The van der Waals surface area contributed by atoms with Crippen molar-refractivity contribution in [1.82, 2.24) is 9.55 Å². The van der Waals surface area contributed by atoms with E-state index in [-0.39, 0.29) is 6.71 Å². The summed E-state index contributed by atoms with van der Waals surface area (Å²) in [6.45, 7) is 0.0971. The standard InChI is InChI=1S/C30H20BClN2/c32-30-26(31-24-11-4-1-8-20(24)18-21-9-2-5-12-25(21)31)13-7-15-28(30)34-27-14-6-3-10-22(27)23-16-17-33-19-29(23)34/h1-17,19H,18H2. The van der Waals surface area contributed by atoms with Gasteiger partial charge in [0.15, 0.2) is 0 Å². The monoisotopic (exact) mass is 454 g/mol. The molecule has 7 rings (SSSR count). The highest BCUT2D eigenvalue weighted by molar-refractivity contribution is 6.97. The Morgan fingerprint density at radius 2 is 1.29 bits per heavy atom. The Kier molecular flexibility index (Phi) is 4.40. The molecule has 34 heavy (non-hydrogen) atoms. The molecule has 2 aromatic heterocycles. The summed E-state index contributed by atoms with van der Waals surface area (Å²) in [6.07, 6.45) is 4.75. The fraction of sp³-hybridized carbons (Fsp3) is 0.0333. The average molecular weight is 455 g/mol. The third-order valence-electron chi connectivity index (χ3n) is 7.15. The summed E-state index contributed by atoms with van der Waals surface area (Å²) in [7, 11) is 0. The number of pyridine rings is 1. The van der Waals surface area contributed by atoms with Crippen LogP contribution in [-0.4, -0.2) is 16.3 Å². The van der Waals surface area contributed by atoms with Gasteiger partial charge in [-0.15, -0.1) is 0 Å². The van der Waals surface area contributed by atoms with Gasteiger partial charge in [0.05, 0.1) is 27.9 Å². The fourth-order valence-electron chi connectivity index (χ4n) is 5.67. The molecule has 0 radical (unpaired) electrons. The second-order valence-corrected chi connectivity index (χ2v) is 9.31. The summed E-state index contributed by atoms with van der Waals surface area (Å²) in [5.41, 5.74) is 9.73. The van der Waals surface area contributed by atoms with E-state index in [1.54, 1.807) is 0 Å². The maximum absolute atomic E-state index is 7.33. The molecular formula is C30H20BClN2. The molecule has 3 heterocycles. The average Bonchev–Trinajstić information content (AvgIpc) is 3.22. The van der Waals surface area contributed by atoms with Crippen LogP contribution in [0.25, 0.3) is 27.5 Å². The second-order valence-electron chi connectivity index (χ2n) is 8.93. The van der Waals surface area contributed by atoms with Gasteiger partial charge in [-0.25, -0.2) is 0 Å². The van der Waals surface area contributed by atoms with Gasteiger partial charge in [-0.1, -0.05) is 101 Å². The first-order valence-corrected chi connectivity index (χ1v) is 12.0. The van der Waals surface area contributed by atoms with E-state index in [0.29, 0.717) is 0 Å². The lowest BCUT2D eigenvalue weighted by Gasteiger charge is -2.28. The molecule has 6 aromatic rings. The predicted octanol–water partition coefficient (Wildman–Crippen LogP) is 5.25. The van der Waals surface area contributed by atoms with E-state index < -0.39 is 0 Å². The van der Waals surface area contributed by atoms with Crippen LogP contribution < -0.4 is 16.4 Å². The molecule has 4 aromatic carbocycles. The number of halogens is 1. The number of rotatable bonds is 2. The molecule has 1 aliphatic heterocycles. The Labute approximate surface area is 203 Å². The van der Waals surface area contributed by atoms with Gasteiger partial charge in [0.1, 0.15) is 0 Å². The number of para-hydroxylation sites is 1. The van der Waals surface area contributed by atoms with Crippen LogP contribution in [0, 0.1) is 0 Å². The van der Waals surface area contributed by atoms with Crippen LogP contribution in [0.1, 0.15) is 11.1 Å². The van der Waals surface area contributed by atoms with E-state index in [1.807, 2.05) is 12.4 Å². The van der Waals surface area contributed by atoms with Crippen molar-refractivity contribution < 1.29 is 0 Å². The van der Waals surface area contributed by atoms with E-state index in [9.17, 15) is 0 Å². The van der Waals surface area contributed by atoms with Gasteiger partial charge < -0.3 is 4.57 Å². The van der Waals surface area contributed by atoms with Gasteiger partial charge in [0.25, 0.3) is 0 Å². The molecule has 0 bridgehead atoms. The van der Waals surface area contributed by atoms with E-state index in [2.05, 4.69) is 107 Å². The SMILES string of the molecule is Clc1c(B2c3ccccc3Cc3ccccc32)cccc1-n1c2ccccc2c2ccncc21. The third-order valence-corrected chi connectivity index (χ3v) is 7.56. The maximum atomic E-state index is 7.33. The van der Waals surface area contributed by atoms with Gasteiger partial charge in [-0.05, 0) is 41.2 Å². The molecule has 2 nitrogen and oxygen atoms in total. The number of fused-ring (bicyclic) bond motifs is 5. The fourth-order valence-corrected chi connectivity index (χ4v) is 5.99. The number of aromatic nitrogens is 2. The molecule has 0 fully saturated rings. The van der Waals surface area contributed by atoms with Crippen molar-refractivity contribution in [3.05, 3.63) is 126 Å². The van der Waals surface area contributed by atoms with Gasteiger partial charge >= 0.3 is 0 Å². The highest BCUT2D eigenvalue weighted by Gasteiger charge is 2.32. The molecule has 0 atom stereocenters. The van der Waals surface area contributed by atoms with Gasteiger partial charge in [-0.3, -0.25) is 4.98 Å². The van der Waals surface area contributed by atoms with Crippen LogP contribution >= 0.6 is 11.6 Å². The molecule has 0 N–H and O–H groups in total. The molecule has 0 saturated heterocycles. The van der Waals surface area contributed by atoms with Crippen LogP contribution in [0.15, 0.2) is 109 Å². The predicted molar refractivity (Wildman–Crippen MR) is 144 cm³/mol. The van der Waals surface area contributed by atoms with E-state index >= 15 is 0 Å².